The molecule has 1 aliphatic heterocycles. The van der Waals surface area contributed by atoms with Crippen molar-refractivity contribution < 1.29 is 17.9 Å². The minimum Gasteiger partial charge on any atom is -0.381 e. The summed E-state index contributed by atoms with van der Waals surface area (Å²) < 4.78 is 31.2. The van der Waals surface area contributed by atoms with Crippen molar-refractivity contribution in [3.8, 4) is 0 Å². The molecule has 1 aromatic carbocycles. The molecule has 1 amide bonds. The van der Waals surface area contributed by atoms with Crippen LogP contribution in [0.3, 0.4) is 0 Å². The number of pyridine rings is 1. The van der Waals surface area contributed by atoms with E-state index in [4.69, 9.17) is 4.74 Å². The van der Waals surface area contributed by atoms with Gasteiger partial charge >= 0.3 is 0 Å². The van der Waals surface area contributed by atoms with E-state index in [1.54, 1.807) is 18.5 Å². The van der Waals surface area contributed by atoms with Crippen LogP contribution in [0.1, 0.15) is 12.0 Å². The van der Waals surface area contributed by atoms with Crippen molar-refractivity contribution in [2.75, 3.05) is 19.0 Å². The van der Waals surface area contributed by atoms with Crippen LogP contribution in [0.2, 0.25) is 0 Å². The smallest absolute Gasteiger partial charge is 0.257 e. The third-order valence-electron chi connectivity index (χ3n) is 3.85. The number of rotatable bonds is 5. The van der Waals surface area contributed by atoms with Gasteiger partial charge in [-0.15, -0.1) is 0 Å². The maximum atomic E-state index is 12.0. The Balaban J connectivity index is 1.68. The molecule has 1 N–H and O–H groups in total. The van der Waals surface area contributed by atoms with E-state index < -0.39 is 15.9 Å². The van der Waals surface area contributed by atoms with Gasteiger partial charge in [0.25, 0.3) is 5.91 Å². The Labute approximate surface area is 140 Å². The summed E-state index contributed by atoms with van der Waals surface area (Å²) in [6, 6.07) is 7.65. The summed E-state index contributed by atoms with van der Waals surface area (Å²) >= 11 is 0. The topological polar surface area (TPSA) is 85.4 Å². The van der Waals surface area contributed by atoms with Gasteiger partial charge in [-0.2, -0.15) is 0 Å². The molecule has 6 nitrogen and oxygen atoms in total. The number of amides is 1. The Bertz CT molecular complexity index is 866. The predicted molar refractivity (Wildman–Crippen MR) is 91.6 cm³/mol. The Hall–Kier alpha value is -2.25. The SMILES string of the molecule is O=C(C=Cc1cncc2ccccc12)NS(=O)(=O)CC1CCOC1. The molecule has 1 aromatic heterocycles. The lowest BCUT2D eigenvalue weighted by Crippen LogP contribution is -2.33. The molecule has 1 saturated heterocycles. The van der Waals surface area contributed by atoms with Gasteiger partial charge < -0.3 is 4.74 Å². The molecule has 0 saturated carbocycles. The van der Waals surface area contributed by atoms with Crippen molar-refractivity contribution in [2.45, 2.75) is 6.42 Å². The van der Waals surface area contributed by atoms with E-state index in [0.29, 0.717) is 19.6 Å². The van der Waals surface area contributed by atoms with Crippen LogP contribution < -0.4 is 4.72 Å². The van der Waals surface area contributed by atoms with E-state index in [0.717, 1.165) is 16.3 Å². The number of sulfonamides is 1. The molecule has 3 rings (SSSR count). The second-order valence-corrected chi connectivity index (χ2v) is 7.53. The average Bonchev–Trinajstić information content (AvgIpc) is 3.04. The summed E-state index contributed by atoms with van der Waals surface area (Å²) in [5, 5.41) is 1.90. The van der Waals surface area contributed by atoms with Crippen molar-refractivity contribution in [2.24, 2.45) is 5.92 Å². The second-order valence-electron chi connectivity index (χ2n) is 5.76. The van der Waals surface area contributed by atoms with E-state index in [2.05, 4.69) is 9.71 Å². The van der Waals surface area contributed by atoms with Gasteiger partial charge in [0.1, 0.15) is 0 Å². The molecule has 1 atom stereocenters. The largest absolute Gasteiger partial charge is 0.381 e. The van der Waals surface area contributed by atoms with Crippen LogP contribution in [-0.2, 0) is 19.6 Å². The Morgan fingerprint density at radius 1 is 1.33 bits per heavy atom. The molecule has 1 unspecified atom stereocenters. The number of fused-ring (bicyclic) bond motifs is 1. The molecule has 0 aliphatic carbocycles. The molecule has 24 heavy (non-hydrogen) atoms. The van der Waals surface area contributed by atoms with Crippen LogP contribution in [0, 0.1) is 5.92 Å². The lowest BCUT2D eigenvalue weighted by Gasteiger charge is -2.08. The third-order valence-corrected chi connectivity index (χ3v) is 5.27. The molecule has 1 fully saturated rings. The molecule has 0 spiro atoms. The van der Waals surface area contributed by atoms with Crippen LogP contribution in [0.25, 0.3) is 16.8 Å². The van der Waals surface area contributed by atoms with Crippen LogP contribution in [-0.4, -0.2) is 38.3 Å². The number of nitrogens with one attached hydrogen (secondary N) is 1. The molecule has 2 aromatic rings. The van der Waals surface area contributed by atoms with Gasteiger partial charge in [-0.05, 0) is 17.9 Å². The van der Waals surface area contributed by atoms with Crippen molar-refractivity contribution in [3.05, 3.63) is 48.3 Å². The number of nitrogens with zero attached hydrogens (tertiary/aromatic N) is 1. The number of ether oxygens (including phenoxy) is 1. The molecule has 0 bridgehead atoms. The van der Waals surface area contributed by atoms with E-state index >= 15 is 0 Å². The fraction of sp³-hybridized carbons (Fsp3) is 0.294. The minimum absolute atomic E-state index is 0.0541. The quantitative estimate of drug-likeness (QED) is 0.834. The van der Waals surface area contributed by atoms with Gasteiger partial charge in [0.2, 0.25) is 10.0 Å². The first-order valence-electron chi connectivity index (χ1n) is 7.66. The standard InChI is InChI=1S/C17H18N2O4S/c20-17(19-24(21,22)12-13-7-8-23-11-13)6-5-15-10-18-9-14-3-1-2-4-16(14)15/h1-6,9-10,13H,7-8,11-12H2,(H,19,20). The van der Waals surface area contributed by atoms with E-state index in [-0.39, 0.29) is 11.7 Å². The first-order valence-corrected chi connectivity index (χ1v) is 9.32. The van der Waals surface area contributed by atoms with Crippen LogP contribution in [0.4, 0.5) is 0 Å². The van der Waals surface area contributed by atoms with E-state index in [1.165, 1.54) is 6.08 Å². The lowest BCUT2D eigenvalue weighted by atomic mass is 10.1. The summed E-state index contributed by atoms with van der Waals surface area (Å²) in [5.74, 6) is -0.814. The Morgan fingerprint density at radius 3 is 2.96 bits per heavy atom. The van der Waals surface area contributed by atoms with Crippen LogP contribution >= 0.6 is 0 Å². The first kappa shape index (κ1) is 16.6. The molecular weight excluding hydrogens is 328 g/mol. The minimum atomic E-state index is -3.66. The van der Waals surface area contributed by atoms with Crippen LogP contribution in [0.5, 0.6) is 0 Å². The second kappa shape index (κ2) is 7.11. The van der Waals surface area contributed by atoms with Crippen molar-refractivity contribution >= 4 is 32.8 Å². The first-order chi connectivity index (χ1) is 11.5. The normalized spacial score (nSPS) is 18.2. The average molecular weight is 346 g/mol. The number of carbonyl (C=O) groups excluding carboxylic acids is 1. The predicted octanol–water partition coefficient (Wildman–Crippen LogP) is 1.73. The van der Waals surface area contributed by atoms with Gasteiger partial charge in [-0.1, -0.05) is 24.3 Å². The molecule has 7 heteroatoms. The van der Waals surface area contributed by atoms with Gasteiger partial charge in [-0.25, -0.2) is 13.1 Å². The fourth-order valence-electron chi connectivity index (χ4n) is 2.69. The van der Waals surface area contributed by atoms with Crippen molar-refractivity contribution in [1.82, 2.24) is 9.71 Å². The van der Waals surface area contributed by atoms with E-state index in [9.17, 15) is 13.2 Å². The molecule has 1 aliphatic rings. The summed E-state index contributed by atoms with van der Waals surface area (Å²) in [6.07, 6.45) is 6.86. The number of carbonyl (C=O) groups is 1. The molecule has 0 radical (unpaired) electrons. The number of aromatic nitrogens is 1. The van der Waals surface area contributed by atoms with Gasteiger partial charge in [0.15, 0.2) is 0 Å². The van der Waals surface area contributed by atoms with Crippen molar-refractivity contribution in [1.29, 1.82) is 0 Å². The highest BCUT2D eigenvalue weighted by Crippen LogP contribution is 2.18. The maximum absolute atomic E-state index is 12.0. The summed E-state index contributed by atoms with van der Waals surface area (Å²) in [6.45, 7) is 0.995. The summed E-state index contributed by atoms with van der Waals surface area (Å²) in [4.78, 5) is 16.0. The summed E-state index contributed by atoms with van der Waals surface area (Å²) in [7, 11) is -3.66. The lowest BCUT2D eigenvalue weighted by molar-refractivity contribution is -0.114. The zero-order valence-corrected chi connectivity index (χ0v) is 13.8. The number of hydrogen-bond donors (Lipinski definition) is 1. The van der Waals surface area contributed by atoms with E-state index in [1.807, 2.05) is 24.3 Å². The van der Waals surface area contributed by atoms with Gasteiger partial charge in [0.05, 0.1) is 12.4 Å². The monoisotopic (exact) mass is 346 g/mol. The highest BCUT2D eigenvalue weighted by molar-refractivity contribution is 7.90. The zero-order valence-electron chi connectivity index (χ0n) is 13.0. The van der Waals surface area contributed by atoms with Gasteiger partial charge in [0, 0.05) is 41.9 Å². The Kier molecular flexibility index (Phi) is 4.92. The van der Waals surface area contributed by atoms with Crippen LogP contribution in [0.15, 0.2) is 42.7 Å². The van der Waals surface area contributed by atoms with Crippen molar-refractivity contribution in [3.63, 3.8) is 0 Å². The van der Waals surface area contributed by atoms with Gasteiger partial charge in [-0.3, -0.25) is 9.78 Å². The highest BCUT2D eigenvalue weighted by atomic mass is 32.2. The molecule has 126 valence electrons. The number of benzene rings is 1. The zero-order chi connectivity index (χ0) is 17.0. The third kappa shape index (κ3) is 4.18. The summed E-state index contributed by atoms with van der Waals surface area (Å²) in [5.41, 5.74) is 0.754. The highest BCUT2D eigenvalue weighted by Gasteiger charge is 2.23. The maximum Gasteiger partial charge on any atom is 0.257 e. The molecule has 2 heterocycles. The number of hydrogen-bond acceptors (Lipinski definition) is 5. The fourth-order valence-corrected chi connectivity index (χ4v) is 4.03. The Morgan fingerprint density at radius 2 is 2.17 bits per heavy atom. The molecular formula is C17H18N2O4S.